The molecule has 1 heterocycles. The van der Waals surface area contributed by atoms with Crippen LogP contribution in [0, 0.1) is 0 Å². The molecule has 0 saturated carbocycles. The Morgan fingerprint density at radius 2 is 1.83 bits per heavy atom. The van der Waals surface area contributed by atoms with Crippen molar-refractivity contribution in [3.8, 4) is 11.5 Å². The molecule has 1 aromatic carbocycles. The van der Waals surface area contributed by atoms with Crippen LogP contribution in [0.4, 0.5) is 0 Å². The normalized spacial score (nSPS) is 15.6. The van der Waals surface area contributed by atoms with Crippen molar-refractivity contribution in [3.05, 3.63) is 23.8 Å². The first-order chi connectivity index (χ1) is 11.3. The monoisotopic (exact) mass is 322 g/mol. The number of ether oxygens (including phenoxy) is 3. The van der Waals surface area contributed by atoms with Gasteiger partial charge >= 0.3 is 0 Å². The predicted molar refractivity (Wildman–Crippen MR) is 92.4 cm³/mol. The average molecular weight is 322 g/mol. The van der Waals surface area contributed by atoms with Crippen molar-refractivity contribution < 1.29 is 14.2 Å². The van der Waals surface area contributed by atoms with Crippen LogP contribution < -0.4 is 14.8 Å². The predicted octanol–water partition coefficient (Wildman–Crippen LogP) is 2.30. The largest absolute Gasteiger partial charge is 0.490 e. The lowest BCUT2D eigenvalue weighted by atomic mass is 10.2. The zero-order chi connectivity index (χ0) is 16.3. The highest BCUT2D eigenvalue weighted by molar-refractivity contribution is 5.43. The van der Waals surface area contributed by atoms with Crippen LogP contribution in [0.2, 0.25) is 0 Å². The summed E-state index contributed by atoms with van der Waals surface area (Å²) in [4.78, 5) is 2.47. The van der Waals surface area contributed by atoms with Crippen LogP contribution in [0.1, 0.15) is 25.8 Å². The van der Waals surface area contributed by atoms with E-state index in [4.69, 9.17) is 14.2 Å². The molecule has 0 aromatic heterocycles. The number of nitrogens with zero attached hydrogens (tertiary/aromatic N) is 1. The van der Waals surface area contributed by atoms with E-state index >= 15 is 0 Å². The minimum absolute atomic E-state index is 0.649. The Labute approximate surface area is 139 Å². The van der Waals surface area contributed by atoms with E-state index in [0.717, 1.165) is 63.9 Å². The zero-order valence-corrected chi connectivity index (χ0v) is 14.5. The second-order valence-electron chi connectivity index (χ2n) is 5.63. The van der Waals surface area contributed by atoms with Gasteiger partial charge < -0.3 is 19.5 Å². The summed E-state index contributed by atoms with van der Waals surface area (Å²) < 4.78 is 16.6. The second-order valence-corrected chi connectivity index (χ2v) is 5.63. The van der Waals surface area contributed by atoms with Crippen molar-refractivity contribution >= 4 is 0 Å². The van der Waals surface area contributed by atoms with Gasteiger partial charge in [-0.2, -0.15) is 0 Å². The summed E-state index contributed by atoms with van der Waals surface area (Å²) >= 11 is 0. The molecule has 0 radical (unpaired) electrons. The van der Waals surface area contributed by atoms with Gasteiger partial charge in [0.2, 0.25) is 0 Å². The van der Waals surface area contributed by atoms with Crippen LogP contribution >= 0.6 is 0 Å². The molecule has 1 aromatic rings. The molecule has 23 heavy (non-hydrogen) atoms. The van der Waals surface area contributed by atoms with Crippen LogP contribution in [0.15, 0.2) is 18.2 Å². The van der Waals surface area contributed by atoms with Gasteiger partial charge in [-0.15, -0.1) is 0 Å². The molecule has 1 saturated heterocycles. The van der Waals surface area contributed by atoms with Gasteiger partial charge in [0, 0.05) is 19.6 Å². The fraction of sp³-hybridized carbons (Fsp3) is 0.667. The number of hydrogen-bond acceptors (Lipinski definition) is 5. The molecule has 1 N–H and O–H groups in total. The Balaban J connectivity index is 1.71. The molecule has 5 heteroatoms. The molecule has 0 amide bonds. The van der Waals surface area contributed by atoms with Crippen LogP contribution in [-0.2, 0) is 11.3 Å². The van der Waals surface area contributed by atoms with E-state index < -0.39 is 0 Å². The summed E-state index contributed by atoms with van der Waals surface area (Å²) in [6.45, 7) is 12.2. The first kappa shape index (κ1) is 18.0. The lowest BCUT2D eigenvalue weighted by molar-refractivity contribution is 0.0374. The van der Waals surface area contributed by atoms with E-state index in [1.165, 1.54) is 5.56 Å². The molecule has 5 nitrogen and oxygen atoms in total. The molecule has 2 rings (SSSR count). The maximum atomic E-state index is 5.67. The van der Waals surface area contributed by atoms with Gasteiger partial charge in [-0.05, 0) is 51.1 Å². The van der Waals surface area contributed by atoms with Crippen molar-refractivity contribution in [1.29, 1.82) is 0 Å². The number of rotatable bonds is 10. The third-order valence-electron chi connectivity index (χ3n) is 3.87. The Hall–Kier alpha value is -1.30. The SMILES string of the molecule is CCOc1ccc(CNCCCN2CCOCC2)cc1OCC. The molecule has 0 bridgehead atoms. The standard InChI is InChI=1S/C18H30N2O3/c1-3-22-17-7-6-16(14-18(17)23-4-2)15-19-8-5-9-20-10-12-21-13-11-20/h6-7,14,19H,3-5,8-13,15H2,1-2H3. The van der Waals surface area contributed by atoms with Crippen molar-refractivity contribution in [2.45, 2.75) is 26.8 Å². The Kier molecular flexibility index (Phi) is 8.21. The average Bonchev–Trinajstić information content (AvgIpc) is 2.58. The van der Waals surface area contributed by atoms with E-state index in [-0.39, 0.29) is 0 Å². The van der Waals surface area contributed by atoms with Gasteiger partial charge in [0.1, 0.15) is 0 Å². The maximum Gasteiger partial charge on any atom is 0.161 e. The first-order valence-corrected chi connectivity index (χ1v) is 8.72. The zero-order valence-electron chi connectivity index (χ0n) is 14.5. The summed E-state index contributed by atoms with van der Waals surface area (Å²) in [6.07, 6.45) is 1.16. The van der Waals surface area contributed by atoms with Crippen molar-refractivity contribution in [2.75, 3.05) is 52.6 Å². The Bertz CT molecular complexity index is 448. The molecule has 0 spiro atoms. The third kappa shape index (κ3) is 6.37. The van der Waals surface area contributed by atoms with Crippen molar-refractivity contribution in [2.24, 2.45) is 0 Å². The maximum absolute atomic E-state index is 5.67. The minimum atomic E-state index is 0.649. The summed E-state index contributed by atoms with van der Waals surface area (Å²) in [5, 5.41) is 3.51. The third-order valence-corrected chi connectivity index (χ3v) is 3.87. The highest BCUT2D eigenvalue weighted by Gasteiger charge is 2.09. The molecule has 130 valence electrons. The van der Waals surface area contributed by atoms with E-state index in [0.29, 0.717) is 13.2 Å². The summed E-state index contributed by atoms with van der Waals surface area (Å²) in [5.74, 6) is 1.66. The van der Waals surface area contributed by atoms with Crippen LogP contribution in [0.25, 0.3) is 0 Å². The molecule has 1 aliphatic rings. The Morgan fingerprint density at radius 3 is 2.57 bits per heavy atom. The second kappa shape index (κ2) is 10.5. The molecular formula is C18H30N2O3. The lowest BCUT2D eigenvalue weighted by Crippen LogP contribution is -2.37. The highest BCUT2D eigenvalue weighted by atomic mass is 16.5. The van der Waals surface area contributed by atoms with Crippen LogP contribution in [0.5, 0.6) is 11.5 Å². The minimum Gasteiger partial charge on any atom is -0.490 e. The van der Waals surface area contributed by atoms with Gasteiger partial charge in [0.05, 0.1) is 26.4 Å². The lowest BCUT2D eigenvalue weighted by Gasteiger charge is -2.26. The van der Waals surface area contributed by atoms with E-state index in [1.54, 1.807) is 0 Å². The van der Waals surface area contributed by atoms with Crippen molar-refractivity contribution in [1.82, 2.24) is 10.2 Å². The van der Waals surface area contributed by atoms with E-state index in [2.05, 4.69) is 22.3 Å². The summed E-state index contributed by atoms with van der Waals surface area (Å²) in [6, 6.07) is 6.17. The van der Waals surface area contributed by atoms with Gasteiger partial charge in [-0.25, -0.2) is 0 Å². The molecule has 1 aliphatic heterocycles. The summed E-state index contributed by atoms with van der Waals surface area (Å²) in [7, 11) is 0. The van der Waals surface area contributed by atoms with Gasteiger partial charge in [-0.1, -0.05) is 6.07 Å². The highest BCUT2D eigenvalue weighted by Crippen LogP contribution is 2.28. The molecular weight excluding hydrogens is 292 g/mol. The molecule has 0 aliphatic carbocycles. The van der Waals surface area contributed by atoms with E-state index in [9.17, 15) is 0 Å². The number of benzene rings is 1. The fourth-order valence-electron chi connectivity index (χ4n) is 2.69. The number of nitrogens with one attached hydrogen (secondary N) is 1. The number of hydrogen-bond donors (Lipinski definition) is 1. The fourth-order valence-corrected chi connectivity index (χ4v) is 2.69. The molecule has 0 unspecified atom stereocenters. The number of morpholine rings is 1. The van der Waals surface area contributed by atoms with Crippen LogP contribution in [0.3, 0.4) is 0 Å². The Morgan fingerprint density at radius 1 is 1.09 bits per heavy atom. The molecule has 1 fully saturated rings. The van der Waals surface area contributed by atoms with Crippen molar-refractivity contribution in [3.63, 3.8) is 0 Å². The van der Waals surface area contributed by atoms with Gasteiger partial charge in [0.25, 0.3) is 0 Å². The topological polar surface area (TPSA) is 43.0 Å². The van der Waals surface area contributed by atoms with E-state index in [1.807, 2.05) is 19.9 Å². The first-order valence-electron chi connectivity index (χ1n) is 8.72. The van der Waals surface area contributed by atoms with Crippen LogP contribution in [-0.4, -0.2) is 57.5 Å². The molecule has 0 atom stereocenters. The summed E-state index contributed by atoms with van der Waals surface area (Å²) in [5.41, 5.74) is 1.23. The van der Waals surface area contributed by atoms with Gasteiger partial charge in [0.15, 0.2) is 11.5 Å². The van der Waals surface area contributed by atoms with Gasteiger partial charge in [-0.3, -0.25) is 4.90 Å². The smallest absolute Gasteiger partial charge is 0.161 e. The quantitative estimate of drug-likeness (QED) is 0.670.